The number of rotatable bonds is 5. The fraction of sp³-hybridized carbons (Fsp3) is 0.0800. The first-order chi connectivity index (χ1) is 16.3. The highest BCUT2D eigenvalue weighted by molar-refractivity contribution is 6.34. The van der Waals surface area contributed by atoms with E-state index in [4.69, 9.17) is 21.6 Å². The number of carbonyl (C=O) groups excluding carboxylic acids is 4. The van der Waals surface area contributed by atoms with Crippen molar-refractivity contribution in [2.45, 2.75) is 13.0 Å². The molecule has 3 aromatic carbocycles. The fourth-order valence-electron chi connectivity index (χ4n) is 3.38. The first-order valence-corrected chi connectivity index (χ1v) is 10.5. The van der Waals surface area contributed by atoms with Crippen molar-refractivity contribution < 1.29 is 23.9 Å². The predicted molar refractivity (Wildman–Crippen MR) is 124 cm³/mol. The Balaban J connectivity index is 1.41. The molecule has 1 heterocycles. The van der Waals surface area contributed by atoms with E-state index in [0.717, 1.165) is 4.90 Å². The summed E-state index contributed by atoms with van der Waals surface area (Å²) in [6.07, 6.45) is -1.13. The number of imide groups is 1. The van der Waals surface area contributed by atoms with Crippen molar-refractivity contribution in [3.63, 3.8) is 0 Å². The van der Waals surface area contributed by atoms with Crippen LogP contribution in [0, 0.1) is 11.3 Å². The van der Waals surface area contributed by atoms with E-state index in [1.807, 2.05) is 6.07 Å². The van der Waals surface area contributed by atoms with Crippen LogP contribution in [0.25, 0.3) is 0 Å². The van der Waals surface area contributed by atoms with E-state index in [0.29, 0.717) is 22.5 Å². The number of carbonyl (C=O) groups is 4. The molecule has 0 saturated carbocycles. The Labute approximate surface area is 199 Å². The van der Waals surface area contributed by atoms with Gasteiger partial charge in [-0.2, -0.15) is 5.26 Å². The third-order valence-corrected chi connectivity index (χ3v) is 5.48. The lowest BCUT2D eigenvalue weighted by molar-refractivity contribution is -0.123. The molecule has 1 aliphatic heterocycles. The summed E-state index contributed by atoms with van der Waals surface area (Å²) >= 11 is 5.96. The molecule has 0 aromatic heterocycles. The highest BCUT2D eigenvalue weighted by Crippen LogP contribution is 2.28. The smallest absolute Gasteiger partial charge is 0.338 e. The van der Waals surface area contributed by atoms with Gasteiger partial charge < -0.3 is 10.1 Å². The number of anilines is 2. The maximum absolute atomic E-state index is 12.6. The molecule has 9 heteroatoms. The maximum atomic E-state index is 12.6. The van der Waals surface area contributed by atoms with E-state index in [2.05, 4.69) is 5.32 Å². The number of halogens is 1. The van der Waals surface area contributed by atoms with E-state index >= 15 is 0 Å². The molecule has 0 fully saturated rings. The van der Waals surface area contributed by atoms with Crippen LogP contribution >= 0.6 is 11.6 Å². The molecular weight excluding hydrogens is 458 g/mol. The number of nitriles is 1. The molecule has 34 heavy (non-hydrogen) atoms. The van der Waals surface area contributed by atoms with Crippen LogP contribution < -0.4 is 10.2 Å². The molecule has 0 aliphatic carbocycles. The second-order valence-corrected chi connectivity index (χ2v) is 7.79. The van der Waals surface area contributed by atoms with Crippen molar-refractivity contribution in [3.05, 3.63) is 94.0 Å². The molecule has 168 valence electrons. The van der Waals surface area contributed by atoms with Crippen LogP contribution in [0.4, 0.5) is 11.4 Å². The zero-order valence-corrected chi connectivity index (χ0v) is 18.5. The van der Waals surface area contributed by atoms with E-state index < -0.39 is 29.8 Å². The van der Waals surface area contributed by atoms with Gasteiger partial charge in [-0.15, -0.1) is 0 Å². The van der Waals surface area contributed by atoms with Gasteiger partial charge in [0.05, 0.1) is 33.0 Å². The Hall–Kier alpha value is -4.48. The van der Waals surface area contributed by atoms with E-state index in [1.165, 1.54) is 49.4 Å². The highest BCUT2D eigenvalue weighted by Gasteiger charge is 2.36. The number of amides is 3. The number of nitrogens with zero attached hydrogens (tertiary/aromatic N) is 2. The molecule has 1 unspecified atom stereocenters. The van der Waals surface area contributed by atoms with Crippen LogP contribution in [0.2, 0.25) is 5.02 Å². The Bertz CT molecular complexity index is 1340. The standard InChI is InChI=1S/C25H16ClN3O5/c1-14(22(30)28-17-9-6-16(13-27)21(26)12-17)34-25(33)15-7-10-18(11-8-15)29-23(31)19-4-2-3-5-20(19)24(29)32/h2-12,14H,1H3,(H,28,30). The number of nitrogens with one attached hydrogen (secondary N) is 1. The van der Waals surface area contributed by atoms with Gasteiger partial charge in [-0.3, -0.25) is 14.4 Å². The normalized spacial score (nSPS) is 13.1. The third kappa shape index (κ3) is 4.25. The van der Waals surface area contributed by atoms with Gasteiger partial charge in [0.1, 0.15) is 6.07 Å². The Kier molecular flexibility index (Phi) is 6.13. The van der Waals surface area contributed by atoms with Gasteiger partial charge in [0.25, 0.3) is 17.7 Å². The van der Waals surface area contributed by atoms with Gasteiger partial charge in [0.15, 0.2) is 6.10 Å². The van der Waals surface area contributed by atoms with Crippen LogP contribution in [0.1, 0.15) is 43.6 Å². The molecule has 4 rings (SSSR count). The Morgan fingerprint density at radius 1 is 1.00 bits per heavy atom. The molecule has 1 N–H and O–H groups in total. The molecule has 1 aliphatic rings. The Morgan fingerprint density at radius 2 is 1.62 bits per heavy atom. The quantitative estimate of drug-likeness (QED) is 0.438. The largest absolute Gasteiger partial charge is 0.449 e. The molecule has 0 spiro atoms. The Morgan fingerprint density at radius 3 is 2.18 bits per heavy atom. The summed E-state index contributed by atoms with van der Waals surface area (Å²) in [7, 11) is 0. The molecule has 1 atom stereocenters. The molecule has 0 radical (unpaired) electrons. The number of esters is 1. The summed E-state index contributed by atoms with van der Waals surface area (Å²) in [4.78, 5) is 51.1. The van der Waals surface area contributed by atoms with Crippen molar-refractivity contribution in [1.82, 2.24) is 0 Å². The topological polar surface area (TPSA) is 117 Å². The van der Waals surface area contributed by atoms with Crippen LogP contribution in [0.5, 0.6) is 0 Å². The number of fused-ring (bicyclic) bond motifs is 1. The maximum Gasteiger partial charge on any atom is 0.338 e. The second-order valence-electron chi connectivity index (χ2n) is 7.38. The number of hydrogen-bond donors (Lipinski definition) is 1. The zero-order chi connectivity index (χ0) is 24.4. The minimum Gasteiger partial charge on any atom is -0.449 e. The number of hydrogen-bond acceptors (Lipinski definition) is 6. The molecule has 3 aromatic rings. The van der Waals surface area contributed by atoms with Crippen LogP contribution in [-0.2, 0) is 9.53 Å². The van der Waals surface area contributed by atoms with Crippen molar-refractivity contribution in [2.75, 3.05) is 10.2 Å². The lowest BCUT2D eigenvalue weighted by Gasteiger charge is -2.16. The highest BCUT2D eigenvalue weighted by atomic mass is 35.5. The summed E-state index contributed by atoms with van der Waals surface area (Å²) < 4.78 is 5.22. The average Bonchev–Trinajstić information content (AvgIpc) is 3.09. The number of ether oxygens (including phenoxy) is 1. The van der Waals surface area contributed by atoms with Gasteiger partial charge in [-0.1, -0.05) is 23.7 Å². The summed E-state index contributed by atoms with van der Waals surface area (Å²) in [5, 5.41) is 11.7. The predicted octanol–water partition coefficient (Wildman–Crippen LogP) is 4.20. The van der Waals surface area contributed by atoms with Gasteiger partial charge >= 0.3 is 5.97 Å². The third-order valence-electron chi connectivity index (χ3n) is 5.17. The van der Waals surface area contributed by atoms with Crippen LogP contribution in [0.3, 0.4) is 0 Å². The van der Waals surface area contributed by atoms with Crippen molar-refractivity contribution >= 4 is 46.7 Å². The first-order valence-electron chi connectivity index (χ1n) is 10.1. The average molecular weight is 474 g/mol. The van der Waals surface area contributed by atoms with Crippen molar-refractivity contribution in [1.29, 1.82) is 5.26 Å². The summed E-state index contributed by atoms with van der Waals surface area (Å²) in [6.45, 7) is 1.41. The number of benzene rings is 3. The van der Waals surface area contributed by atoms with Gasteiger partial charge in [-0.25, -0.2) is 9.69 Å². The lowest BCUT2D eigenvalue weighted by atomic mass is 10.1. The molecule has 3 amide bonds. The first kappa shape index (κ1) is 22.7. The zero-order valence-electron chi connectivity index (χ0n) is 17.7. The van der Waals surface area contributed by atoms with E-state index in [1.54, 1.807) is 24.3 Å². The summed E-state index contributed by atoms with van der Waals surface area (Å²) in [6, 6.07) is 18.6. The minimum absolute atomic E-state index is 0.140. The SMILES string of the molecule is CC(OC(=O)c1ccc(N2C(=O)c3ccccc3C2=O)cc1)C(=O)Nc1ccc(C#N)c(Cl)c1. The van der Waals surface area contributed by atoms with E-state index in [-0.39, 0.29) is 16.1 Å². The van der Waals surface area contributed by atoms with Gasteiger partial charge in [0, 0.05) is 5.69 Å². The van der Waals surface area contributed by atoms with Crippen molar-refractivity contribution in [2.24, 2.45) is 0 Å². The minimum atomic E-state index is -1.13. The fourth-order valence-corrected chi connectivity index (χ4v) is 3.60. The molecule has 0 saturated heterocycles. The van der Waals surface area contributed by atoms with Gasteiger partial charge in [-0.05, 0) is 61.5 Å². The van der Waals surface area contributed by atoms with Gasteiger partial charge in [0.2, 0.25) is 0 Å². The van der Waals surface area contributed by atoms with Crippen LogP contribution in [0.15, 0.2) is 66.7 Å². The monoisotopic (exact) mass is 473 g/mol. The van der Waals surface area contributed by atoms with Crippen molar-refractivity contribution in [3.8, 4) is 6.07 Å². The molecular formula is C25H16ClN3O5. The summed E-state index contributed by atoms with van der Waals surface area (Å²) in [5.74, 6) is -2.22. The lowest BCUT2D eigenvalue weighted by Crippen LogP contribution is -2.30. The summed E-state index contributed by atoms with van der Waals surface area (Å²) in [5.41, 5.74) is 1.71. The van der Waals surface area contributed by atoms with Crippen LogP contribution in [-0.4, -0.2) is 29.8 Å². The second kappa shape index (κ2) is 9.17. The molecule has 0 bridgehead atoms. The molecule has 8 nitrogen and oxygen atoms in total. The van der Waals surface area contributed by atoms with E-state index in [9.17, 15) is 19.2 Å².